The molecule has 0 radical (unpaired) electrons. The van der Waals surface area contributed by atoms with Crippen LogP contribution >= 0.6 is 23.2 Å². The molecule has 172 valence electrons. The topological polar surface area (TPSA) is 55.8 Å². The minimum Gasteiger partial charge on any atom is -0.497 e. The van der Waals surface area contributed by atoms with Crippen LogP contribution in [0.1, 0.15) is 26.3 Å². The van der Waals surface area contributed by atoms with Crippen molar-refractivity contribution in [1.29, 1.82) is 0 Å². The number of ether oxygens (including phenoxy) is 2. The molecule has 34 heavy (non-hydrogen) atoms. The molecule has 0 saturated carbocycles. The van der Waals surface area contributed by atoms with Crippen molar-refractivity contribution in [2.75, 3.05) is 19.1 Å². The van der Waals surface area contributed by atoms with Crippen LogP contribution in [0.4, 0.5) is 5.69 Å². The maximum atomic E-state index is 13.8. The largest absolute Gasteiger partial charge is 0.497 e. The SMILES string of the molecule is COC(=O)c1cc(N(Cc2cccc(OC)c2)C(=O)c2ccccc2)c2c(Cl)cc(Cl)cc2c1. The molecule has 0 saturated heterocycles. The van der Waals surface area contributed by atoms with E-state index in [1.54, 1.807) is 60.5 Å². The van der Waals surface area contributed by atoms with E-state index in [2.05, 4.69) is 0 Å². The number of fused-ring (bicyclic) bond motifs is 1. The second-order valence-corrected chi connectivity index (χ2v) is 8.43. The summed E-state index contributed by atoms with van der Waals surface area (Å²) in [5, 5.41) is 2.00. The zero-order valence-electron chi connectivity index (χ0n) is 18.5. The third-order valence-corrected chi connectivity index (χ3v) is 5.91. The second-order valence-electron chi connectivity index (χ2n) is 7.58. The minimum absolute atomic E-state index is 0.212. The second kappa shape index (κ2) is 10.2. The van der Waals surface area contributed by atoms with Crippen molar-refractivity contribution in [2.24, 2.45) is 0 Å². The molecule has 1 amide bonds. The zero-order valence-corrected chi connectivity index (χ0v) is 20.1. The third kappa shape index (κ3) is 4.86. The number of halogens is 2. The van der Waals surface area contributed by atoms with Gasteiger partial charge in [-0.2, -0.15) is 0 Å². The third-order valence-electron chi connectivity index (χ3n) is 5.40. The average molecular weight is 494 g/mol. The Labute approximate surface area is 207 Å². The van der Waals surface area contributed by atoms with E-state index in [0.717, 1.165) is 5.56 Å². The molecular weight excluding hydrogens is 473 g/mol. The fraction of sp³-hybridized carbons (Fsp3) is 0.111. The fourth-order valence-electron chi connectivity index (χ4n) is 3.81. The smallest absolute Gasteiger partial charge is 0.337 e. The molecule has 0 bridgehead atoms. The maximum absolute atomic E-state index is 13.8. The lowest BCUT2D eigenvalue weighted by Gasteiger charge is -2.26. The summed E-state index contributed by atoms with van der Waals surface area (Å²) in [6.45, 7) is 0.212. The Morgan fingerprint density at radius 2 is 1.62 bits per heavy atom. The highest BCUT2D eigenvalue weighted by atomic mass is 35.5. The fourth-order valence-corrected chi connectivity index (χ4v) is 4.42. The van der Waals surface area contributed by atoms with Gasteiger partial charge in [0.25, 0.3) is 5.91 Å². The number of hydrogen-bond acceptors (Lipinski definition) is 4. The first-order valence-electron chi connectivity index (χ1n) is 10.4. The van der Waals surface area contributed by atoms with Crippen LogP contribution in [0.25, 0.3) is 10.8 Å². The van der Waals surface area contributed by atoms with Crippen LogP contribution in [-0.4, -0.2) is 26.1 Å². The molecule has 5 nitrogen and oxygen atoms in total. The number of anilines is 1. The standard InChI is InChI=1S/C27H21Cl2NO4/c1-33-22-10-6-7-17(11-22)16-30(26(31)18-8-4-3-5-9-18)24-14-20(27(32)34-2)12-19-13-21(28)15-23(29)25(19)24/h3-15H,16H2,1-2H3. The molecule has 0 aromatic heterocycles. The van der Waals surface area contributed by atoms with E-state index in [1.807, 2.05) is 30.3 Å². The summed E-state index contributed by atoms with van der Waals surface area (Å²) in [5.74, 6) is -0.118. The van der Waals surface area contributed by atoms with Crippen molar-refractivity contribution >= 4 is 51.5 Å². The van der Waals surface area contributed by atoms with Crippen molar-refractivity contribution < 1.29 is 19.1 Å². The molecule has 0 fully saturated rings. The summed E-state index contributed by atoms with van der Waals surface area (Å²) < 4.78 is 10.3. The normalized spacial score (nSPS) is 10.7. The first kappa shape index (κ1) is 23.6. The minimum atomic E-state index is -0.535. The van der Waals surface area contributed by atoms with Crippen LogP contribution in [0.2, 0.25) is 10.0 Å². The number of methoxy groups -OCH3 is 2. The number of hydrogen-bond donors (Lipinski definition) is 0. The van der Waals surface area contributed by atoms with Crippen molar-refractivity contribution in [2.45, 2.75) is 6.54 Å². The van der Waals surface area contributed by atoms with E-state index < -0.39 is 5.97 Å². The molecule has 0 atom stereocenters. The summed E-state index contributed by atoms with van der Waals surface area (Å²) in [7, 11) is 2.89. The summed E-state index contributed by atoms with van der Waals surface area (Å²) in [6.07, 6.45) is 0. The van der Waals surface area contributed by atoms with Gasteiger partial charge in [-0.25, -0.2) is 4.79 Å². The van der Waals surface area contributed by atoms with Crippen LogP contribution in [0, 0.1) is 0 Å². The summed E-state index contributed by atoms with van der Waals surface area (Å²) in [6, 6.07) is 23.0. The van der Waals surface area contributed by atoms with Gasteiger partial charge in [-0.3, -0.25) is 4.79 Å². The highest BCUT2D eigenvalue weighted by Gasteiger charge is 2.24. The predicted molar refractivity (Wildman–Crippen MR) is 135 cm³/mol. The molecular formula is C27H21Cl2NO4. The first-order chi connectivity index (χ1) is 16.4. The Morgan fingerprint density at radius 1 is 0.853 bits per heavy atom. The van der Waals surface area contributed by atoms with Crippen LogP contribution < -0.4 is 9.64 Å². The molecule has 0 aliphatic carbocycles. The molecule has 7 heteroatoms. The maximum Gasteiger partial charge on any atom is 0.337 e. The van der Waals surface area contributed by atoms with Crippen molar-refractivity contribution in [1.82, 2.24) is 0 Å². The molecule has 4 aromatic carbocycles. The number of benzene rings is 4. The van der Waals surface area contributed by atoms with Crippen molar-refractivity contribution in [3.8, 4) is 5.75 Å². The number of carbonyl (C=O) groups is 2. The van der Waals surface area contributed by atoms with Gasteiger partial charge in [-0.15, -0.1) is 0 Å². The molecule has 0 heterocycles. The highest BCUT2D eigenvalue weighted by molar-refractivity contribution is 6.40. The van der Waals surface area contributed by atoms with E-state index in [0.29, 0.717) is 37.8 Å². The Hall–Kier alpha value is -3.54. The van der Waals surface area contributed by atoms with Gasteiger partial charge in [0, 0.05) is 16.0 Å². The monoisotopic (exact) mass is 493 g/mol. The Morgan fingerprint density at radius 3 is 2.32 bits per heavy atom. The summed E-state index contributed by atoms with van der Waals surface area (Å²) >= 11 is 12.9. The molecule has 0 N–H and O–H groups in total. The van der Waals surface area contributed by atoms with Crippen LogP contribution in [0.5, 0.6) is 5.75 Å². The number of carbonyl (C=O) groups excluding carboxylic acids is 2. The average Bonchev–Trinajstić information content (AvgIpc) is 2.86. The lowest BCUT2D eigenvalue weighted by atomic mass is 10.0. The van der Waals surface area contributed by atoms with Crippen molar-refractivity contribution in [3.05, 3.63) is 106 Å². The van der Waals surface area contributed by atoms with Gasteiger partial charge in [0.2, 0.25) is 0 Å². The van der Waals surface area contributed by atoms with Crippen LogP contribution in [0.15, 0.2) is 78.9 Å². The van der Waals surface area contributed by atoms with E-state index in [-0.39, 0.29) is 18.0 Å². The van der Waals surface area contributed by atoms with E-state index >= 15 is 0 Å². The molecule has 0 unspecified atom stereocenters. The van der Waals surface area contributed by atoms with Gasteiger partial charge >= 0.3 is 5.97 Å². The van der Waals surface area contributed by atoms with Gasteiger partial charge in [0.15, 0.2) is 0 Å². The first-order valence-corrected chi connectivity index (χ1v) is 11.2. The predicted octanol–water partition coefficient (Wildman–Crippen LogP) is 6.79. The lowest BCUT2D eigenvalue weighted by molar-refractivity contribution is 0.0600. The van der Waals surface area contributed by atoms with Gasteiger partial charge in [0.05, 0.1) is 37.0 Å². The highest BCUT2D eigenvalue weighted by Crippen LogP contribution is 2.38. The lowest BCUT2D eigenvalue weighted by Crippen LogP contribution is -2.31. The van der Waals surface area contributed by atoms with Gasteiger partial charge in [-0.1, -0.05) is 53.5 Å². The Kier molecular flexibility index (Phi) is 7.06. The molecule has 0 aliphatic heterocycles. The number of rotatable bonds is 6. The van der Waals surface area contributed by atoms with Crippen LogP contribution in [-0.2, 0) is 11.3 Å². The molecule has 0 spiro atoms. The Bertz CT molecular complexity index is 1370. The zero-order chi connectivity index (χ0) is 24.2. The molecule has 4 rings (SSSR count). The quantitative estimate of drug-likeness (QED) is 0.277. The van der Waals surface area contributed by atoms with Crippen LogP contribution in [0.3, 0.4) is 0 Å². The van der Waals surface area contributed by atoms with E-state index in [9.17, 15) is 9.59 Å². The molecule has 0 aliphatic rings. The summed E-state index contributed by atoms with van der Waals surface area (Å²) in [4.78, 5) is 27.9. The molecule has 4 aromatic rings. The van der Waals surface area contributed by atoms with Gasteiger partial charge in [0.1, 0.15) is 5.75 Å². The summed E-state index contributed by atoms with van der Waals surface area (Å²) in [5.41, 5.74) is 2.08. The Balaban J connectivity index is 1.97. The van der Waals surface area contributed by atoms with E-state index in [4.69, 9.17) is 32.7 Å². The number of nitrogens with zero attached hydrogens (tertiary/aromatic N) is 1. The van der Waals surface area contributed by atoms with E-state index in [1.165, 1.54) is 7.11 Å². The van der Waals surface area contributed by atoms with Gasteiger partial charge in [-0.05, 0) is 59.5 Å². The van der Waals surface area contributed by atoms with Crippen molar-refractivity contribution in [3.63, 3.8) is 0 Å². The number of esters is 1. The van der Waals surface area contributed by atoms with Gasteiger partial charge < -0.3 is 14.4 Å². The number of amides is 1.